The third-order valence-electron chi connectivity index (χ3n) is 6.61. The van der Waals surface area contributed by atoms with Crippen LogP contribution in [0.2, 0.25) is 0 Å². The minimum atomic E-state index is -0.323. The summed E-state index contributed by atoms with van der Waals surface area (Å²) in [6, 6.07) is 12.7. The van der Waals surface area contributed by atoms with Gasteiger partial charge < -0.3 is 14.6 Å². The molecule has 31 heavy (non-hydrogen) atoms. The number of anilines is 1. The number of benzene rings is 1. The zero-order valence-electron chi connectivity index (χ0n) is 18.8. The second-order valence-corrected chi connectivity index (χ2v) is 9.40. The summed E-state index contributed by atoms with van der Waals surface area (Å²) in [5, 5.41) is 12.4. The van der Waals surface area contributed by atoms with Crippen molar-refractivity contribution in [3.63, 3.8) is 0 Å². The van der Waals surface area contributed by atoms with Gasteiger partial charge in [-0.2, -0.15) is 5.26 Å². The van der Waals surface area contributed by atoms with Gasteiger partial charge in [0, 0.05) is 31.9 Å². The Morgan fingerprint density at radius 2 is 1.74 bits per heavy atom. The molecule has 1 N–H and O–H groups in total. The molecule has 0 aliphatic carbocycles. The largest absolute Gasteiger partial charge is 0.494 e. The number of nitrogens with zero attached hydrogens (tertiary/aromatic N) is 4. The number of hydrogen-bond acceptors (Lipinski definition) is 7. The van der Waals surface area contributed by atoms with Gasteiger partial charge >= 0.3 is 7.12 Å². The summed E-state index contributed by atoms with van der Waals surface area (Å²) in [4.78, 5) is 10.6. The lowest BCUT2D eigenvalue weighted by Crippen LogP contribution is -2.41. The van der Waals surface area contributed by atoms with E-state index in [0.29, 0.717) is 6.04 Å². The first kappa shape index (κ1) is 21.8. The molecular formula is C23H30BN5O2. The maximum atomic E-state index is 8.94. The highest BCUT2D eigenvalue weighted by atomic mass is 16.7. The van der Waals surface area contributed by atoms with E-state index in [1.807, 2.05) is 12.1 Å². The summed E-state index contributed by atoms with van der Waals surface area (Å²) >= 11 is 0. The second kappa shape index (κ2) is 8.58. The Hall–Kier alpha value is -2.47. The first-order valence-electron chi connectivity index (χ1n) is 10.9. The Morgan fingerprint density at radius 1 is 1.10 bits per heavy atom. The highest BCUT2D eigenvalue weighted by Crippen LogP contribution is 2.36. The third kappa shape index (κ3) is 4.90. The molecule has 1 aromatic carbocycles. The number of nitrogens with one attached hydrogen (secondary N) is 1. The minimum Gasteiger partial charge on any atom is -0.399 e. The quantitative estimate of drug-likeness (QED) is 0.747. The van der Waals surface area contributed by atoms with Gasteiger partial charge in [-0.1, -0.05) is 24.3 Å². The van der Waals surface area contributed by atoms with Crippen molar-refractivity contribution < 1.29 is 9.31 Å². The number of nitriles is 1. The fourth-order valence-electron chi connectivity index (χ4n) is 3.96. The van der Waals surface area contributed by atoms with Crippen LogP contribution in [0.5, 0.6) is 0 Å². The van der Waals surface area contributed by atoms with Crippen LogP contribution >= 0.6 is 0 Å². The summed E-state index contributed by atoms with van der Waals surface area (Å²) in [5.74, 6) is 0.926. The molecule has 162 valence electrons. The molecule has 7 nitrogen and oxygen atoms in total. The molecule has 1 aromatic heterocycles. The lowest BCUT2D eigenvalue weighted by molar-refractivity contribution is 0.00578. The topological polar surface area (TPSA) is 83.3 Å². The van der Waals surface area contributed by atoms with Crippen LogP contribution in [-0.4, -0.2) is 52.3 Å². The molecule has 0 amide bonds. The lowest BCUT2D eigenvalue weighted by atomic mass is 9.79. The van der Waals surface area contributed by atoms with Crippen LogP contribution in [0.25, 0.3) is 0 Å². The summed E-state index contributed by atoms with van der Waals surface area (Å²) < 4.78 is 12.3. The van der Waals surface area contributed by atoms with Crippen molar-refractivity contribution in [1.82, 2.24) is 14.9 Å². The highest BCUT2D eigenvalue weighted by molar-refractivity contribution is 6.62. The smallest absolute Gasteiger partial charge is 0.399 e. The predicted octanol–water partition coefficient (Wildman–Crippen LogP) is 2.72. The van der Waals surface area contributed by atoms with Crippen LogP contribution in [0, 0.1) is 11.3 Å². The van der Waals surface area contributed by atoms with Crippen molar-refractivity contribution in [2.75, 3.05) is 18.4 Å². The van der Waals surface area contributed by atoms with Gasteiger partial charge in [-0.15, -0.1) is 0 Å². The molecule has 0 bridgehead atoms. The molecule has 0 unspecified atom stereocenters. The van der Waals surface area contributed by atoms with Gasteiger partial charge in [0.15, 0.2) is 0 Å². The van der Waals surface area contributed by atoms with Gasteiger partial charge in [0.1, 0.15) is 11.9 Å². The standard InChI is InChI=1S/C23H30BN5O2/c1-22(2)23(3,4)31-24(30-22)18-7-5-17(6-8-18)16-29-13-10-19(11-14-29)27-20-9-12-26-21(15-25)28-20/h5-9,12,19H,10-11,13-14,16H2,1-4H3,(H,26,27,28). The maximum Gasteiger partial charge on any atom is 0.494 e. The summed E-state index contributed by atoms with van der Waals surface area (Å²) in [6.45, 7) is 11.3. The fraction of sp³-hybridized carbons (Fsp3) is 0.522. The average molecular weight is 419 g/mol. The normalized spacial score (nSPS) is 21.1. The zero-order chi connectivity index (χ0) is 22.1. The van der Waals surface area contributed by atoms with Crippen LogP contribution in [-0.2, 0) is 15.9 Å². The van der Waals surface area contributed by atoms with E-state index < -0.39 is 0 Å². The molecule has 0 radical (unpaired) electrons. The van der Waals surface area contributed by atoms with Crippen molar-refractivity contribution in [2.24, 2.45) is 0 Å². The van der Waals surface area contributed by atoms with Gasteiger partial charge in [0.2, 0.25) is 5.82 Å². The van der Waals surface area contributed by atoms with Gasteiger partial charge in [0.05, 0.1) is 11.2 Å². The Balaban J connectivity index is 1.28. The molecular weight excluding hydrogens is 389 g/mol. The molecule has 4 rings (SSSR count). The molecule has 0 spiro atoms. The van der Waals surface area contributed by atoms with E-state index in [4.69, 9.17) is 14.6 Å². The SMILES string of the molecule is CC1(C)OB(c2ccc(CN3CCC(Nc4ccnc(C#N)n4)CC3)cc2)OC1(C)C. The summed E-state index contributed by atoms with van der Waals surface area (Å²) in [6.07, 6.45) is 3.70. The van der Waals surface area contributed by atoms with Crippen molar-refractivity contribution in [3.8, 4) is 6.07 Å². The number of likely N-dealkylation sites (tertiary alicyclic amines) is 1. The molecule has 2 fully saturated rings. The third-order valence-corrected chi connectivity index (χ3v) is 6.61. The lowest BCUT2D eigenvalue weighted by Gasteiger charge is -2.32. The Morgan fingerprint density at radius 3 is 2.35 bits per heavy atom. The fourth-order valence-corrected chi connectivity index (χ4v) is 3.96. The monoisotopic (exact) mass is 419 g/mol. The summed E-state index contributed by atoms with van der Waals surface area (Å²) in [5.41, 5.74) is 1.71. The van der Waals surface area contributed by atoms with E-state index in [1.54, 1.807) is 6.20 Å². The number of piperidine rings is 1. The van der Waals surface area contributed by atoms with Crippen LogP contribution in [0.3, 0.4) is 0 Å². The van der Waals surface area contributed by atoms with Crippen molar-refractivity contribution in [3.05, 3.63) is 47.9 Å². The molecule has 2 aliphatic heterocycles. The van der Waals surface area contributed by atoms with E-state index >= 15 is 0 Å². The molecule has 3 heterocycles. The van der Waals surface area contributed by atoms with E-state index in [-0.39, 0.29) is 24.1 Å². The average Bonchev–Trinajstić information content (AvgIpc) is 2.97. The second-order valence-electron chi connectivity index (χ2n) is 9.40. The number of rotatable bonds is 5. The highest BCUT2D eigenvalue weighted by Gasteiger charge is 2.51. The van der Waals surface area contributed by atoms with Crippen LogP contribution < -0.4 is 10.8 Å². The van der Waals surface area contributed by atoms with Crippen LogP contribution in [0.15, 0.2) is 36.5 Å². The Kier molecular flexibility index (Phi) is 6.02. The van der Waals surface area contributed by atoms with E-state index in [2.05, 4.69) is 72.1 Å². The van der Waals surface area contributed by atoms with E-state index in [9.17, 15) is 0 Å². The van der Waals surface area contributed by atoms with Crippen LogP contribution in [0.1, 0.15) is 51.9 Å². The Labute approximate surface area is 184 Å². The number of hydrogen-bond donors (Lipinski definition) is 1. The molecule has 8 heteroatoms. The van der Waals surface area contributed by atoms with Crippen molar-refractivity contribution >= 4 is 18.4 Å². The first-order valence-corrected chi connectivity index (χ1v) is 10.9. The first-order chi connectivity index (χ1) is 14.8. The molecule has 0 atom stereocenters. The predicted molar refractivity (Wildman–Crippen MR) is 121 cm³/mol. The van der Waals surface area contributed by atoms with E-state index in [0.717, 1.165) is 43.8 Å². The maximum absolute atomic E-state index is 8.94. The Bertz CT molecular complexity index is 933. The van der Waals surface area contributed by atoms with Gasteiger partial charge in [-0.25, -0.2) is 9.97 Å². The summed E-state index contributed by atoms with van der Waals surface area (Å²) in [7, 11) is -0.316. The molecule has 0 saturated carbocycles. The molecule has 2 aromatic rings. The van der Waals surface area contributed by atoms with Gasteiger partial charge in [-0.05, 0) is 57.6 Å². The van der Waals surface area contributed by atoms with E-state index in [1.165, 1.54) is 5.56 Å². The van der Waals surface area contributed by atoms with Crippen molar-refractivity contribution in [2.45, 2.75) is 64.3 Å². The zero-order valence-corrected chi connectivity index (χ0v) is 18.8. The van der Waals surface area contributed by atoms with Crippen LogP contribution in [0.4, 0.5) is 5.82 Å². The minimum absolute atomic E-state index is 0.200. The van der Waals surface area contributed by atoms with Gasteiger partial charge in [-0.3, -0.25) is 4.90 Å². The van der Waals surface area contributed by atoms with Gasteiger partial charge in [0.25, 0.3) is 0 Å². The molecule has 2 aliphatic rings. The van der Waals surface area contributed by atoms with Crippen molar-refractivity contribution in [1.29, 1.82) is 5.26 Å². The molecule has 2 saturated heterocycles. The number of aromatic nitrogens is 2.